The van der Waals surface area contributed by atoms with Crippen LogP contribution in [0.1, 0.15) is 41.2 Å². The van der Waals surface area contributed by atoms with Gasteiger partial charge in [-0.1, -0.05) is 29.8 Å². The molecule has 1 aromatic heterocycles. The van der Waals surface area contributed by atoms with Crippen molar-refractivity contribution < 1.29 is 0 Å². The van der Waals surface area contributed by atoms with Crippen molar-refractivity contribution >= 4 is 0 Å². The predicted molar refractivity (Wildman–Crippen MR) is 78.2 cm³/mol. The molecule has 3 nitrogen and oxygen atoms in total. The Morgan fingerprint density at radius 1 is 1.26 bits per heavy atom. The predicted octanol–water partition coefficient (Wildman–Crippen LogP) is 2.96. The van der Waals surface area contributed by atoms with Gasteiger partial charge in [-0.05, 0) is 33.4 Å². The summed E-state index contributed by atoms with van der Waals surface area (Å²) in [7, 11) is 1.95. The number of hydrogen-bond donors (Lipinski definition) is 1. The minimum atomic E-state index is 0.285. The van der Waals surface area contributed by atoms with Gasteiger partial charge in [-0.25, -0.2) is 9.97 Å². The van der Waals surface area contributed by atoms with E-state index in [-0.39, 0.29) is 6.04 Å². The van der Waals surface area contributed by atoms with Crippen molar-refractivity contribution in [3.8, 4) is 0 Å². The van der Waals surface area contributed by atoms with Crippen LogP contribution >= 0.6 is 0 Å². The first-order chi connectivity index (χ1) is 9.10. The highest BCUT2D eigenvalue weighted by Crippen LogP contribution is 2.15. The maximum absolute atomic E-state index is 4.62. The van der Waals surface area contributed by atoms with Gasteiger partial charge in [0.1, 0.15) is 5.82 Å². The van der Waals surface area contributed by atoms with Crippen molar-refractivity contribution in [1.29, 1.82) is 0 Å². The van der Waals surface area contributed by atoms with E-state index in [9.17, 15) is 0 Å². The number of rotatable bonds is 4. The van der Waals surface area contributed by atoms with E-state index in [1.807, 2.05) is 20.2 Å². The van der Waals surface area contributed by atoms with Crippen LogP contribution in [0.3, 0.4) is 0 Å². The Morgan fingerprint density at radius 3 is 2.68 bits per heavy atom. The Balaban J connectivity index is 2.21. The SMILES string of the molecule is CNC(C)c1cnc(Cc2cccc(C)c2)nc1C. The number of aryl methyl sites for hydroxylation is 2. The molecule has 0 fully saturated rings. The molecule has 0 spiro atoms. The van der Waals surface area contributed by atoms with Gasteiger partial charge in [0.15, 0.2) is 0 Å². The lowest BCUT2D eigenvalue weighted by molar-refractivity contribution is 0.638. The third kappa shape index (κ3) is 3.38. The van der Waals surface area contributed by atoms with Crippen LogP contribution < -0.4 is 5.32 Å². The van der Waals surface area contributed by atoms with Crippen LogP contribution in [0.2, 0.25) is 0 Å². The maximum atomic E-state index is 4.62. The lowest BCUT2D eigenvalue weighted by atomic mass is 10.1. The Morgan fingerprint density at radius 2 is 2.05 bits per heavy atom. The zero-order chi connectivity index (χ0) is 13.8. The van der Waals surface area contributed by atoms with Crippen LogP contribution in [0.4, 0.5) is 0 Å². The van der Waals surface area contributed by atoms with Crippen LogP contribution in [-0.2, 0) is 6.42 Å². The van der Waals surface area contributed by atoms with Crippen LogP contribution in [-0.4, -0.2) is 17.0 Å². The summed E-state index contributed by atoms with van der Waals surface area (Å²) < 4.78 is 0. The topological polar surface area (TPSA) is 37.8 Å². The molecule has 3 heteroatoms. The van der Waals surface area contributed by atoms with E-state index in [0.29, 0.717) is 0 Å². The number of nitrogens with one attached hydrogen (secondary N) is 1. The minimum absolute atomic E-state index is 0.285. The molecule has 0 radical (unpaired) electrons. The molecular weight excluding hydrogens is 234 g/mol. The molecule has 0 saturated carbocycles. The molecule has 19 heavy (non-hydrogen) atoms. The van der Waals surface area contributed by atoms with E-state index in [1.54, 1.807) is 0 Å². The van der Waals surface area contributed by atoms with Crippen LogP contribution in [0.25, 0.3) is 0 Å². The molecule has 2 rings (SSSR count). The van der Waals surface area contributed by atoms with Crippen molar-refractivity contribution in [3.05, 3.63) is 58.7 Å². The largest absolute Gasteiger partial charge is 0.313 e. The Kier molecular flexibility index (Phi) is 4.27. The molecule has 100 valence electrons. The van der Waals surface area contributed by atoms with Gasteiger partial charge in [-0.15, -0.1) is 0 Å². The van der Waals surface area contributed by atoms with Gasteiger partial charge in [-0.3, -0.25) is 0 Å². The van der Waals surface area contributed by atoms with E-state index >= 15 is 0 Å². The fourth-order valence-corrected chi connectivity index (χ4v) is 2.19. The van der Waals surface area contributed by atoms with Crippen molar-refractivity contribution in [2.75, 3.05) is 7.05 Å². The first-order valence-electron chi connectivity index (χ1n) is 6.65. The van der Waals surface area contributed by atoms with Crippen molar-refractivity contribution in [2.45, 2.75) is 33.2 Å². The molecule has 0 saturated heterocycles. The molecule has 1 atom stereocenters. The van der Waals surface area contributed by atoms with E-state index < -0.39 is 0 Å². The summed E-state index contributed by atoms with van der Waals surface area (Å²) in [5.41, 5.74) is 4.75. The standard InChI is InChI=1S/C16H21N3/c1-11-6-5-7-14(8-11)9-16-18-10-15(12(2)17-4)13(3)19-16/h5-8,10,12,17H,9H2,1-4H3. The summed E-state index contributed by atoms with van der Waals surface area (Å²) in [6.45, 7) is 6.27. The lowest BCUT2D eigenvalue weighted by Gasteiger charge is -2.13. The van der Waals surface area contributed by atoms with Gasteiger partial charge >= 0.3 is 0 Å². The first kappa shape index (κ1) is 13.7. The Bertz CT molecular complexity index is 564. The summed E-state index contributed by atoms with van der Waals surface area (Å²) >= 11 is 0. The first-order valence-corrected chi connectivity index (χ1v) is 6.65. The summed E-state index contributed by atoms with van der Waals surface area (Å²) in [5.74, 6) is 0.884. The third-order valence-corrected chi connectivity index (χ3v) is 3.41. The highest BCUT2D eigenvalue weighted by atomic mass is 14.9. The third-order valence-electron chi connectivity index (χ3n) is 3.41. The van der Waals surface area contributed by atoms with Gasteiger partial charge < -0.3 is 5.32 Å². The summed E-state index contributed by atoms with van der Waals surface area (Å²) in [4.78, 5) is 9.10. The van der Waals surface area contributed by atoms with Crippen LogP contribution in [0, 0.1) is 13.8 Å². The Hall–Kier alpha value is -1.74. The average molecular weight is 255 g/mol. The van der Waals surface area contributed by atoms with Crippen molar-refractivity contribution in [2.24, 2.45) is 0 Å². The molecule has 0 amide bonds. The van der Waals surface area contributed by atoms with E-state index in [0.717, 1.165) is 23.5 Å². The number of nitrogens with zero attached hydrogens (tertiary/aromatic N) is 2. The van der Waals surface area contributed by atoms with Crippen molar-refractivity contribution in [1.82, 2.24) is 15.3 Å². The second-order valence-corrected chi connectivity index (χ2v) is 5.00. The number of aromatic nitrogens is 2. The van der Waals surface area contributed by atoms with Crippen molar-refractivity contribution in [3.63, 3.8) is 0 Å². The molecule has 0 aliphatic rings. The molecule has 0 aliphatic carbocycles. The summed E-state index contributed by atoms with van der Waals surface area (Å²) in [6.07, 6.45) is 2.73. The molecular formula is C16H21N3. The van der Waals surface area contributed by atoms with Gasteiger partial charge in [-0.2, -0.15) is 0 Å². The van der Waals surface area contributed by atoms with Crippen LogP contribution in [0.15, 0.2) is 30.5 Å². The average Bonchev–Trinajstić information content (AvgIpc) is 2.38. The normalized spacial score (nSPS) is 12.4. The van der Waals surface area contributed by atoms with Gasteiger partial charge in [0, 0.05) is 29.9 Å². The quantitative estimate of drug-likeness (QED) is 0.912. The maximum Gasteiger partial charge on any atom is 0.132 e. The van der Waals surface area contributed by atoms with Gasteiger partial charge in [0.05, 0.1) is 0 Å². The molecule has 1 heterocycles. The molecule has 2 aromatic rings. The second kappa shape index (κ2) is 5.93. The number of hydrogen-bond acceptors (Lipinski definition) is 3. The number of benzene rings is 1. The zero-order valence-corrected chi connectivity index (χ0v) is 12.1. The van der Waals surface area contributed by atoms with E-state index in [2.05, 4.69) is 53.4 Å². The highest BCUT2D eigenvalue weighted by molar-refractivity contribution is 5.26. The second-order valence-electron chi connectivity index (χ2n) is 5.00. The van der Waals surface area contributed by atoms with Gasteiger partial charge in [0.2, 0.25) is 0 Å². The highest BCUT2D eigenvalue weighted by Gasteiger charge is 2.09. The lowest BCUT2D eigenvalue weighted by Crippen LogP contribution is -2.15. The monoisotopic (exact) mass is 255 g/mol. The smallest absolute Gasteiger partial charge is 0.132 e. The van der Waals surface area contributed by atoms with Gasteiger partial charge in [0.25, 0.3) is 0 Å². The van der Waals surface area contributed by atoms with E-state index in [4.69, 9.17) is 0 Å². The molecule has 0 aliphatic heterocycles. The Labute approximate surface area is 115 Å². The fourth-order valence-electron chi connectivity index (χ4n) is 2.19. The molecule has 1 unspecified atom stereocenters. The summed E-state index contributed by atoms with van der Waals surface area (Å²) in [5, 5.41) is 3.22. The molecule has 1 aromatic carbocycles. The van der Waals surface area contributed by atoms with E-state index in [1.165, 1.54) is 11.1 Å². The zero-order valence-electron chi connectivity index (χ0n) is 12.1. The molecule has 0 bridgehead atoms. The molecule has 1 N–H and O–H groups in total. The minimum Gasteiger partial charge on any atom is -0.313 e. The fraction of sp³-hybridized carbons (Fsp3) is 0.375. The summed E-state index contributed by atoms with van der Waals surface area (Å²) in [6, 6.07) is 8.77. The van der Waals surface area contributed by atoms with Crippen LogP contribution in [0.5, 0.6) is 0 Å².